The van der Waals surface area contributed by atoms with Gasteiger partial charge in [-0.1, -0.05) is 0 Å². The summed E-state index contributed by atoms with van der Waals surface area (Å²) >= 11 is 0. The Labute approximate surface area is 78.5 Å². The van der Waals surface area contributed by atoms with Crippen LogP contribution in [-0.4, -0.2) is 43.2 Å². The van der Waals surface area contributed by atoms with E-state index in [0.29, 0.717) is 32.6 Å². The fourth-order valence-corrected chi connectivity index (χ4v) is 1.46. The third-order valence-electron chi connectivity index (χ3n) is 2.22. The van der Waals surface area contributed by atoms with Gasteiger partial charge in [0.05, 0.1) is 25.9 Å². The molecule has 1 fully saturated rings. The van der Waals surface area contributed by atoms with Crippen LogP contribution < -0.4 is 0 Å². The lowest BCUT2D eigenvalue weighted by Gasteiger charge is -2.33. The summed E-state index contributed by atoms with van der Waals surface area (Å²) in [6.45, 7) is 3.70. The zero-order valence-corrected chi connectivity index (χ0v) is 7.99. The second-order valence-electron chi connectivity index (χ2n) is 3.32. The van der Waals surface area contributed by atoms with Crippen molar-refractivity contribution in [2.75, 3.05) is 26.4 Å². The van der Waals surface area contributed by atoms with E-state index < -0.39 is 0 Å². The molecule has 0 N–H and O–H groups in total. The monoisotopic (exact) mass is 186 g/mol. The Kier molecular flexibility index (Phi) is 4.18. The minimum absolute atomic E-state index is 0.0895. The summed E-state index contributed by atoms with van der Waals surface area (Å²) in [5.74, 6) is 0.0895. The molecule has 4 heteroatoms. The molecule has 1 aliphatic heterocycles. The molecule has 1 unspecified atom stereocenters. The SMILES string of the molecule is CC1COCCN1C(=O)CCC[O]. The van der Waals surface area contributed by atoms with Crippen LogP contribution in [0.15, 0.2) is 0 Å². The Bertz CT molecular complexity index is 172. The quantitative estimate of drug-likeness (QED) is 0.642. The van der Waals surface area contributed by atoms with Gasteiger partial charge in [-0.2, -0.15) is 0 Å². The predicted octanol–water partition coefficient (Wildman–Crippen LogP) is 0.444. The second kappa shape index (κ2) is 5.19. The molecule has 0 aromatic carbocycles. The fourth-order valence-electron chi connectivity index (χ4n) is 1.46. The van der Waals surface area contributed by atoms with Gasteiger partial charge < -0.3 is 9.64 Å². The number of ether oxygens (including phenoxy) is 1. The van der Waals surface area contributed by atoms with Crippen LogP contribution in [0.1, 0.15) is 19.8 Å². The van der Waals surface area contributed by atoms with E-state index in [1.54, 1.807) is 4.90 Å². The third-order valence-corrected chi connectivity index (χ3v) is 2.22. The van der Waals surface area contributed by atoms with Crippen LogP contribution in [0, 0.1) is 0 Å². The van der Waals surface area contributed by atoms with Crippen LogP contribution >= 0.6 is 0 Å². The van der Waals surface area contributed by atoms with E-state index in [1.165, 1.54) is 0 Å². The molecule has 75 valence electrons. The molecule has 4 nitrogen and oxygen atoms in total. The van der Waals surface area contributed by atoms with Gasteiger partial charge in [-0.15, -0.1) is 0 Å². The number of carbonyl (C=O) groups excluding carboxylic acids is 1. The van der Waals surface area contributed by atoms with Crippen molar-refractivity contribution in [1.82, 2.24) is 4.90 Å². The average molecular weight is 186 g/mol. The number of carbonyl (C=O) groups is 1. The maximum Gasteiger partial charge on any atom is 0.223 e. The van der Waals surface area contributed by atoms with E-state index in [1.807, 2.05) is 6.92 Å². The van der Waals surface area contributed by atoms with Crippen molar-refractivity contribution in [2.24, 2.45) is 0 Å². The zero-order valence-electron chi connectivity index (χ0n) is 7.99. The minimum atomic E-state index is -0.162. The molecule has 1 radical (unpaired) electrons. The highest BCUT2D eigenvalue weighted by atomic mass is 16.5. The van der Waals surface area contributed by atoms with E-state index in [9.17, 15) is 9.90 Å². The summed E-state index contributed by atoms with van der Waals surface area (Å²) in [4.78, 5) is 13.3. The van der Waals surface area contributed by atoms with Crippen molar-refractivity contribution < 1.29 is 14.6 Å². The van der Waals surface area contributed by atoms with E-state index in [2.05, 4.69) is 0 Å². The lowest BCUT2D eigenvalue weighted by atomic mass is 10.2. The van der Waals surface area contributed by atoms with Crippen LogP contribution in [0.2, 0.25) is 0 Å². The summed E-state index contributed by atoms with van der Waals surface area (Å²) in [7, 11) is 0. The van der Waals surface area contributed by atoms with Gasteiger partial charge in [0.15, 0.2) is 0 Å². The zero-order chi connectivity index (χ0) is 9.68. The molecule has 0 bridgehead atoms. The maximum absolute atomic E-state index is 11.5. The first kappa shape index (κ1) is 10.5. The average Bonchev–Trinajstić information content (AvgIpc) is 2.15. The van der Waals surface area contributed by atoms with Gasteiger partial charge in [-0.3, -0.25) is 4.79 Å². The lowest BCUT2D eigenvalue weighted by Crippen LogP contribution is -2.47. The molecule has 0 saturated carbocycles. The van der Waals surface area contributed by atoms with Crippen LogP contribution in [0.5, 0.6) is 0 Å². The number of rotatable bonds is 3. The van der Waals surface area contributed by atoms with E-state index >= 15 is 0 Å². The first-order chi connectivity index (χ1) is 6.25. The van der Waals surface area contributed by atoms with Crippen molar-refractivity contribution >= 4 is 5.91 Å². The Balaban J connectivity index is 2.35. The molecule has 1 saturated heterocycles. The van der Waals surface area contributed by atoms with E-state index in [-0.39, 0.29) is 18.6 Å². The largest absolute Gasteiger partial charge is 0.377 e. The summed E-state index contributed by atoms with van der Waals surface area (Å²) in [5, 5.41) is 10.2. The van der Waals surface area contributed by atoms with Crippen LogP contribution in [0.25, 0.3) is 0 Å². The number of nitrogens with zero attached hydrogens (tertiary/aromatic N) is 1. The Hall–Kier alpha value is -0.610. The maximum atomic E-state index is 11.5. The topological polar surface area (TPSA) is 49.4 Å². The van der Waals surface area contributed by atoms with Crippen molar-refractivity contribution in [3.63, 3.8) is 0 Å². The Morgan fingerprint density at radius 2 is 2.38 bits per heavy atom. The molecule has 1 aliphatic rings. The van der Waals surface area contributed by atoms with Crippen LogP contribution in [0.4, 0.5) is 0 Å². The standard InChI is InChI=1S/C9H16NO3/c1-8-7-13-6-4-10(8)9(12)3-2-5-11/h8H,2-7H2,1H3. The van der Waals surface area contributed by atoms with Gasteiger partial charge in [0.1, 0.15) is 0 Å². The lowest BCUT2D eigenvalue weighted by molar-refractivity contribution is -0.139. The molecule has 1 atom stereocenters. The highest BCUT2D eigenvalue weighted by molar-refractivity contribution is 5.76. The summed E-state index contributed by atoms with van der Waals surface area (Å²) in [6, 6.07) is 0.160. The predicted molar refractivity (Wildman–Crippen MR) is 46.8 cm³/mol. The highest BCUT2D eigenvalue weighted by Gasteiger charge is 2.22. The smallest absolute Gasteiger partial charge is 0.223 e. The second-order valence-corrected chi connectivity index (χ2v) is 3.32. The van der Waals surface area contributed by atoms with Crippen LogP contribution in [-0.2, 0) is 14.6 Å². The number of hydrogen-bond acceptors (Lipinski definition) is 2. The highest BCUT2D eigenvalue weighted by Crippen LogP contribution is 2.08. The Morgan fingerprint density at radius 3 is 3.00 bits per heavy atom. The van der Waals surface area contributed by atoms with Crippen LogP contribution in [0.3, 0.4) is 0 Å². The molecule has 1 heterocycles. The summed E-state index contributed by atoms with van der Waals surface area (Å²) < 4.78 is 5.21. The number of hydrogen-bond donors (Lipinski definition) is 0. The molecule has 1 amide bonds. The number of morpholine rings is 1. The molecule has 0 aromatic rings. The Morgan fingerprint density at radius 1 is 1.62 bits per heavy atom. The minimum Gasteiger partial charge on any atom is -0.377 e. The van der Waals surface area contributed by atoms with E-state index in [0.717, 1.165) is 0 Å². The first-order valence-electron chi connectivity index (χ1n) is 4.71. The third kappa shape index (κ3) is 2.97. The summed E-state index contributed by atoms with van der Waals surface area (Å²) in [5.41, 5.74) is 0. The van der Waals surface area contributed by atoms with Gasteiger partial charge in [0, 0.05) is 13.0 Å². The van der Waals surface area contributed by atoms with Gasteiger partial charge in [-0.25, -0.2) is 5.11 Å². The van der Waals surface area contributed by atoms with Crippen molar-refractivity contribution in [1.29, 1.82) is 0 Å². The molecule has 1 rings (SSSR count). The van der Waals surface area contributed by atoms with Gasteiger partial charge in [0.25, 0.3) is 0 Å². The molecule has 13 heavy (non-hydrogen) atoms. The normalized spacial score (nSPS) is 23.2. The van der Waals surface area contributed by atoms with Gasteiger partial charge >= 0.3 is 0 Å². The molecular formula is C9H16NO3. The van der Waals surface area contributed by atoms with Gasteiger partial charge in [-0.05, 0) is 13.3 Å². The molecule has 0 aliphatic carbocycles. The molecule has 0 aromatic heterocycles. The van der Waals surface area contributed by atoms with Gasteiger partial charge in [0.2, 0.25) is 5.91 Å². The van der Waals surface area contributed by atoms with Crippen molar-refractivity contribution in [3.8, 4) is 0 Å². The summed E-state index contributed by atoms with van der Waals surface area (Å²) in [6.07, 6.45) is 0.830. The molecular weight excluding hydrogens is 170 g/mol. The number of amides is 1. The van der Waals surface area contributed by atoms with Crippen molar-refractivity contribution in [3.05, 3.63) is 0 Å². The molecule has 0 spiro atoms. The van der Waals surface area contributed by atoms with Crippen molar-refractivity contribution in [2.45, 2.75) is 25.8 Å². The first-order valence-corrected chi connectivity index (χ1v) is 4.71. The fraction of sp³-hybridized carbons (Fsp3) is 0.889. The van der Waals surface area contributed by atoms with E-state index in [4.69, 9.17) is 4.74 Å².